The number of nitrogens with two attached hydrogens (primary N) is 1. The van der Waals surface area contributed by atoms with Crippen molar-refractivity contribution in [1.82, 2.24) is 0 Å². The van der Waals surface area contributed by atoms with Gasteiger partial charge in [0.1, 0.15) is 11.6 Å². The fourth-order valence-corrected chi connectivity index (χ4v) is 2.81. The van der Waals surface area contributed by atoms with E-state index in [1.54, 1.807) is 24.9 Å². The number of ether oxygens (including phenoxy) is 1. The lowest BCUT2D eigenvalue weighted by Crippen LogP contribution is -1.92. The molecule has 0 saturated heterocycles. The number of nitrogen functional groups attached to an aromatic ring is 1. The highest BCUT2D eigenvalue weighted by atomic mass is 32.2. The lowest BCUT2D eigenvalue weighted by molar-refractivity contribution is 0.414. The van der Waals surface area contributed by atoms with Gasteiger partial charge in [0.2, 0.25) is 0 Å². The second-order valence-corrected chi connectivity index (χ2v) is 5.28. The van der Waals surface area contributed by atoms with E-state index in [2.05, 4.69) is 0 Å². The monoisotopic (exact) mass is 277 g/mol. The molecule has 2 nitrogen and oxygen atoms in total. The Bertz CT molecular complexity index is 586. The Kier molecular flexibility index (Phi) is 4.32. The molecule has 2 rings (SSSR count). The van der Waals surface area contributed by atoms with Crippen molar-refractivity contribution >= 4 is 17.4 Å². The number of hydrogen-bond donors (Lipinski definition) is 1. The summed E-state index contributed by atoms with van der Waals surface area (Å²) in [5.74, 6) is 1.34. The highest BCUT2D eigenvalue weighted by Crippen LogP contribution is 2.32. The van der Waals surface area contributed by atoms with E-state index < -0.39 is 0 Å². The first-order chi connectivity index (χ1) is 9.10. The Balaban J connectivity index is 2.14. The van der Waals surface area contributed by atoms with Crippen molar-refractivity contribution in [3.63, 3.8) is 0 Å². The van der Waals surface area contributed by atoms with Crippen molar-refractivity contribution in [2.75, 3.05) is 12.8 Å². The first-order valence-electron chi connectivity index (χ1n) is 5.91. The van der Waals surface area contributed by atoms with Crippen molar-refractivity contribution in [3.8, 4) is 5.75 Å². The first kappa shape index (κ1) is 13.7. The van der Waals surface area contributed by atoms with Crippen molar-refractivity contribution < 1.29 is 9.13 Å². The molecule has 0 atom stereocenters. The molecule has 19 heavy (non-hydrogen) atoms. The van der Waals surface area contributed by atoms with Gasteiger partial charge >= 0.3 is 0 Å². The summed E-state index contributed by atoms with van der Waals surface area (Å²) in [5.41, 5.74) is 8.72. The van der Waals surface area contributed by atoms with Crippen LogP contribution in [0.3, 0.4) is 0 Å². The molecule has 2 aromatic rings. The largest absolute Gasteiger partial charge is 0.497 e. The highest BCUT2D eigenvalue weighted by Gasteiger charge is 2.05. The second kappa shape index (κ2) is 5.97. The molecule has 0 spiro atoms. The third-order valence-corrected chi connectivity index (χ3v) is 4.03. The van der Waals surface area contributed by atoms with Gasteiger partial charge in [0, 0.05) is 16.3 Å². The predicted molar refractivity (Wildman–Crippen MR) is 78.1 cm³/mol. The highest BCUT2D eigenvalue weighted by molar-refractivity contribution is 7.98. The van der Waals surface area contributed by atoms with Gasteiger partial charge in [-0.3, -0.25) is 0 Å². The number of rotatable bonds is 4. The normalized spacial score (nSPS) is 10.5. The molecule has 0 radical (unpaired) electrons. The standard InChI is InChI=1S/C15H16FNOS/c1-10-7-12(16)4-3-11(10)9-19-15-8-13(18-2)5-6-14(15)17/h3-8H,9,17H2,1-2H3. The van der Waals surface area contributed by atoms with Crippen LogP contribution in [0, 0.1) is 12.7 Å². The summed E-state index contributed by atoms with van der Waals surface area (Å²) >= 11 is 1.62. The van der Waals surface area contributed by atoms with Gasteiger partial charge in [-0.1, -0.05) is 6.07 Å². The number of benzene rings is 2. The fourth-order valence-electron chi connectivity index (χ4n) is 1.74. The summed E-state index contributed by atoms with van der Waals surface area (Å²) in [5, 5.41) is 0. The number of anilines is 1. The Hall–Kier alpha value is -1.68. The molecule has 2 N–H and O–H groups in total. The van der Waals surface area contributed by atoms with Crippen LogP contribution in [0.2, 0.25) is 0 Å². The minimum atomic E-state index is -0.202. The summed E-state index contributed by atoms with van der Waals surface area (Å²) in [6.45, 7) is 1.91. The van der Waals surface area contributed by atoms with E-state index >= 15 is 0 Å². The van der Waals surface area contributed by atoms with Crippen LogP contribution >= 0.6 is 11.8 Å². The molecular formula is C15H16FNOS. The van der Waals surface area contributed by atoms with Crippen LogP contribution in [0.1, 0.15) is 11.1 Å². The molecule has 0 heterocycles. The maximum Gasteiger partial charge on any atom is 0.123 e. The third kappa shape index (κ3) is 3.41. The Morgan fingerprint density at radius 2 is 2.00 bits per heavy atom. The molecule has 100 valence electrons. The molecule has 4 heteroatoms. The second-order valence-electron chi connectivity index (χ2n) is 4.26. The average molecular weight is 277 g/mol. The Morgan fingerprint density at radius 3 is 2.68 bits per heavy atom. The van der Waals surface area contributed by atoms with E-state index in [0.29, 0.717) is 0 Å². The number of aryl methyl sites for hydroxylation is 1. The van der Waals surface area contributed by atoms with E-state index in [9.17, 15) is 4.39 Å². The molecule has 2 aromatic carbocycles. The van der Waals surface area contributed by atoms with E-state index in [-0.39, 0.29) is 5.82 Å². The van der Waals surface area contributed by atoms with Crippen LogP contribution in [0.4, 0.5) is 10.1 Å². The topological polar surface area (TPSA) is 35.2 Å². The van der Waals surface area contributed by atoms with Gasteiger partial charge in [0.05, 0.1) is 7.11 Å². The minimum absolute atomic E-state index is 0.202. The Labute approximate surface area is 116 Å². The number of hydrogen-bond acceptors (Lipinski definition) is 3. The van der Waals surface area contributed by atoms with Gasteiger partial charge in [-0.05, 0) is 48.4 Å². The predicted octanol–water partition coefficient (Wildman–Crippen LogP) is 4.02. The summed E-state index contributed by atoms with van der Waals surface area (Å²) in [7, 11) is 1.63. The van der Waals surface area contributed by atoms with Crippen LogP contribution in [-0.2, 0) is 5.75 Å². The quantitative estimate of drug-likeness (QED) is 0.677. The molecule has 0 saturated carbocycles. The summed E-state index contributed by atoms with van der Waals surface area (Å²) in [6.07, 6.45) is 0. The van der Waals surface area contributed by atoms with Gasteiger partial charge < -0.3 is 10.5 Å². The zero-order valence-electron chi connectivity index (χ0n) is 10.9. The first-order valence-corrected chi connectivity index (χ1v) is 6.90. The molecule has 0 aliphatic rings. The third-order valence-electron chi connectivity index (χ3n) is 2.91. The fraction of sp³-hybridized carbons (Fsp3) is 0.200. The molecular weight excluding hydrogens is 261 g/mol. The summed E-state index contributed by atoms with van der Waals surface area (Å²) < 4.78 is 18.2. The maximum absolute atomic E-state index is 13.0. The van der Waals surface area contributed by atoms with Crippen molar-refractivity contribution in [1.29, 1.82) is 0 Å². The zero-order valence-corrected chi connectivity index (χ0v) is 11.8. The van der Waals surface area contributed by atoms with E-state index in [1.165, 1.54) is 6.07 Å². The van der Waals surface area contributed by atoms with Crippen molar-refractivity contribution in [3.05, 3.63) is 53.3 Å². The molecule has 0 fully saturated rings. The van der Waals surface area contributed by atoms with Gasteiger partial charge in [-0.15, -0.1) is 11.8 Å². The molecule has 0 aromatic heterocycles. The minimum Gasteiger partial charge on any atom is -0.497 e. The van der Waals surface area contributed by atoms with Crippen LogP contribution in [-0.4, -0.2) is 7.11 Å². The number of thioether (sulfide) groups is 1. The SMILES string of the molecule is COc1ccc(N)c(SCc2ccc(F)cc2C)c1. The van der Waals surface area contributed by atoms with Gasteiger partial charge in [0.15, 0.2) is 0 Å². The van der Waals surface area contributed by atoms with Gasteiger partial charge in [-0.2, -0.15) is 0 Å². The molecule has 0 aliphatic carbocycles. The Morgan fingerprint density at radius 1 is 1.21 bits per heavy atom. The van der Waals surface area contributed by atoms with Gasteiger partial charge in [0.25, 0.3) is 0 Å². The van der Waals surface area contributed by atoms with Crippen molar-refractivity contribution in [2.45, 2.75) is 17.6 Å². The molecule has 0 bridgehead atoms. The molecule has 0 amide bonds. The molecule has 0 unspecified atom stereocenters. The summed E-state index contributed by atoms with van der Waals surface area (Å²) in [4.78, 5) is 0.975. The zero-order chi connectivity index (χ0) is 13.8. The number of halogens is 1. The van der Waals surface area contributed by atoms with E-state index in [1.807, 2.05) is 31.2 Å². The van der Waals surface area contributed by atoms with Crippen molar-refractivity contribution in [2.24, 2.45) is 0 Å². The average Bonchev–Trinajstić information content (AvgIpc) is 2.39. The van der Waals surface area contributed by atoms with Crippen LogP contribution in [0.25, 0.3) is 0 Å². The lowest BCUT2D eigenvalue weighted by atomic mass is 10.1. The summed E-state index contributed by atoms with van der Waals surface area (Å²) in [6, 6.07) is 10.4. The van der Waals surface area contributed by atoms with E-state index in [0.717, 1.165) is 33.2 Å². The smallest absolute Gasteiger partial charge is 0.123 e. The van der Waals surface area contributed by atoms with Gasteiger partial charge in [-0.25, -0.2) is 4.39 Å². The van der Waals surface area contributed by atoms with Crippen LogP contribution < -0.4 is 10.5 Å². The lowest BCUT2D eigenvalue weighted by Gasteiger charge is -2.09. The maximum atomic E-state index is 13.0. The number of methoxy groups -OCH3 is 1. The van der Waals surface area contributed by atoms with Crippen LogP contribution in [0.5, 0.6) is 5.75 Å². The van der Waals surface area contributed by atoms with E-state index in [4.69, 9.17) is 10.5 Å². The molecule has 0 aliphatic heterocycles. The van der Waals surface area contributed by atoms with Crippen LogP contribution in [0.15, 0.2) is 41.3 Å².